The van der Waals surface area contributed by atoms with Gasteiger partial charge in [0, 0.05) is 12.0 Å². The van der Waals surface area contributed by atoms with Crippen molar-refractivity contribution in [3.63, 3.8) is 0 Å². The van der Waals surface area contributed by atoms with Crippen LogP contribution >= 0.6 is 0 Å². The molecule has 1 amide bonds. The molecule has 1 heterocycles. The second kappa shape index (κ2) is 3.05. The predicted octanol–water partition coefficient (Wildman–Crippen LogP) is 1.82. The quantitative estimate of drug-likeness (QED) is 0.744. The van der Waals surface area contributed by atoms with Crippen molar-refractivity contribution in [2.24, 2.45) is 5.92 Å². The molecule has 1 N–H and O–H groups in total. The lowest BCUT2D eigenvalue weighted by molar-refractivity contribution is -0.124. The summed E-state index contributed by atoms with van der Waals surface area (Å²) in [6.45, 7) is 0. The number of carbonyl (C=O) groups is 1. The topological polar surface area (TPSA) is 29.1 Å². The first-order valence-corrected chi connectivity index (χ1v) is 5.30. The van der Waals surface area contributed by atoms with Crippen molar-refractivity contribution in [1.82, 2.24) is 5.32 Å². The number of amides is 1. The van der Waals surface area contributed by atoms with E-state index in [9.17, 15) is 9.18 Å². The Morgan fingerprint density at radius 1 is 1.13 bits per heavy atom. The van der Waals surface area contributed by atoms with Crippen LogP contribution in [0, 0.1) is 11.7 Å². The summed E-state index contributed by atoms with van der Waals surface area (Å²) < 4.78 is 12.8. The van der Waals surface area contributed by atoms with Gasteiger partial charge in [-0.25, -0.2) is 4.39 Å². The zero-order valence-corrected chi connectivity index (χ0v) is 8.24. The Bertz CT molecular complexity index is 401. The molecule has 0 spiro atoms. The van der Waals surface area contributed by atoms with Gasteiger partial charge < -0.3 is 5.32 Å². The molecule has 0 unspecified atom stereocenters. The summed E-state index contributed by atoms with van der Waals surface area (Å²) in [7, 11) is 0. The van der Waals surface area contributed by atoms with Crippen molar-refractivity contribution >= 4 is 5.91 Å². The molecule has 1 aliphatic heterocycles. The van der Waals surface area contributed by atoms with Crippen LogP contribution in [0.1, 0.15) is 24.3 Å². The number of carbonyl (C=O) groups excluding carboxylic acids is 1. The van der Waals surface area contributed by atoms with Crippen molar-refractivity contribution < 1.29 is 9.18 Å². The minimum atomic E-state index is -0.216. The van der Waals surface area contributed by atoms with E-state index in [0.717, 1.165) is 18.4 Å². The van der Waals surface area contributed by atoms with Gasteiger partial charge in [-0.15, -0.1) is 0 Å². The summed E-state index contributed by atoms with van der Waals surface area (Å²) in [5, 5.41) is 2.95. The normalized spacial score (nSPS) is 33.1. The van der Waals surface area contributed by atoms with Gasteiger partial charge in [0.15, 0.2) is 0 Å². The van der Waals surface area contributed by atoms with Crippen LogP contribution in [-0.2, 0) is 4.79 Å². The fourth-order valence-electron chi connectivity index (χ4n) is 2.83. The maximum atomic E-state index is 12.8. The molecule has 2 fully saturated rings. The van der Waals surface area contributed by atoms with Gasteiger partial charge in [-0.3, -0.25) is 4.79 Å². The lowest BCUT2D eigenvalue weighted by Gasteiger charge is -2.21. The van der Waals surface area contributed by atoms with E-state index in [2.05, 4.69) is 5.32 Å². The van der Waals surface area contributed by atoms with Crippen molar-refractivity contribution in [1.29, 1.82) is 0 Å². The van der Waals surface area contributed by atoms with Gasteiger partial charge in [0.25, 0.3) is 0 Å². The van der Waals surface area contributed by atoms with Crippen molar-refractivity contribution in [2.75, 3.05) is 0 Å². The number of hydrogen-bond acceptors (Lipinski definition) is 1. The predicted molar refractivity (Wildman–Crippen MR) is 53.8 cm³/mol. The Kier molecular flexibility index (Phi) is 1.81. The third-order valence-electron chi connectivity index (χ3n) is 3.54. The molecule has 0 radical (unpaired) electrons. The zero-order valence-electron chi connectivity index (χ0n) is 8.24. The van der Waals surface area contributed by atoms with E-state index in [1.165, 1.54) is 12.1 Å². The molecule has 15 heavy (non-hydrogen) atoms. The number of fused-ring (bicyclic) bond motifs is 2. The molecule has 1 saturated heterocycles. The average Bonchev–Trinajstić information content (AvgIpc) is 2.77. The monoisotopic (exact) mass is 205 g/mol. The molecule has 1 aromatic rings. The second-order valence-electron chi connectivity index (χ2n) is 4.44. The SMILES string of the molecule is O=C1N[C@@H]2C[C@H]1[C@@H](c1ccc(F)cc1)C2. The largest absolute Gasteiger partial charge is 0.353 e. The first-order chi connectivity index (χ1) is 7.24. The van der Waals surface area contributed by atoms with Crippen LogP contribution in [0.25, 0.3) is 0 Å². The highest BCUT2D eigenvalue weighted by Gasteiger charge is 2.45. The highest BCUT2D eigenvalue weighted by atomic mass is 19.1. The average molecular weight is 205 g/mol. The van der Waals surface area contributed by atoms with E-state index in [1.54, 1.807) is 12.1 Å². The van der Waals surface area contributed by atoms with Gasteiger partial charge in [0.1, 0.15) is 5.82 Å². The third-order valence-corrected chi connectivity index (χ3v) is 3.54. The number of rotatable bonds is 1. The van der Waals surface area contributed by atoms with Crippen LogP contribution in [0.2, 0.25) is 0 Å². The minimum absolute atomic E-state index is 0.112. The van der Waals surface area contributed by atoms with E-state index in [-0.39, 0.29) is 17.6 Å². The molecule has 2 nitrogen and oxygen atoms in total. The summed E-state index contributed by atoms with van der Waals surface area (Å²) in [5.74, 6) is 0.358. The zero-order chi connectivity index (χ0) is 10.4. The summed E-state index contributed by atoms with van der Waals surface area (Å²) in [6, 6.07) is 6.89. The molecule has 3 heteroatoms. The van der Waals surface area contributed by atoms with Gasteiger partial charge in [0.2, 0.25) is 5.91 Å². The second-order valence-corrected chi connectivity index (χ2v) is 4.44. The van der Waals surface area contributed by atoms with E-state index >= 15 is 0 Å². The van der Waals surface area contributed by atoms with Gasteiger partial charge in [-0.05, 0) is 36.5 Å². The van der Waals surface area contributed by atoms with Gasteiger partial charge >= 0.3 is 0 Å². The fraction of sp³-hybridized carbons (Fsp3) is 0.417. The molecule has 78 valence electrons. The number of piperidine rings is 1. The van der Waals surface area contributed by atoms with Crippen LogP contribution < -0.4 is 5.32 Å². The lowest BCUT2D eigenvalue weighted by Crippen LogP contribution is -2.34. The van der Waals surface area contributed by atoms with Gasteiger partial charge in [-0.2, -0.15) is 0 Å². The van der Waals surface area contributed by atoms with E-state index in [0.29, 0.717) is 12.0 Å². The van der Waals surface area contributed by atoms with Crippen molar-refractivity contribution in [3.8, 4) is 0 Å². The number of nitrogens with one attached hydrogen (secondary N) is 1. The number of benzene rings is 1. The summed E-state index contributed by atoms with van der Waals surface area (Å²) in [5.41, 5.74) is 1.10. The standard InChI is InChI=1S/C12H12FNO/c13-8-3-1-7(2-4-8)10-5-9-6-11(10)12(15)14-9/h1-4,9-11H,5-6H2,(H,14,15)/t9-,10+,11-/m0/s1. The summed E-state index contributed by atoms with van der Waals surface area (Å²) in [6.07, 6.45) is 1.95. The summed E-state index contributed by atoms with van der Waals surface area (Å²) in [4.78, 5) is 11.5. The van der Waals surface area contributed by atoms with Crippen molar-refractivity contribution in [3.05, 3.63) is 35.6 Å². The molecule has 3 atom stereocenters. The van der Waals surface area contributed by atoms with Crippen LogP contribution in [-0.4, -0.2) is 11.9 Å². The van der Waals surface area contributed by atoms with Gasteiger partial charge in [-0.1, -0.05) is 12.1 Å². The Labute approximate surface area is 87.5 Å². The highest BCUT2D eigenvalue weighted by molar-refractivity contribution is 5.83. The number of hydrogen-bond donors (Lipinski definition) is 1. The lowest BCUT2D eigenvalue weighted by atomic mass is 9.87. The van der Waals surface area contributed by atoms with Crippen LogP contribution in [0.3, 0.4) is 0 Å². The van der Waals surface area contributed by atoms with Crippen molar-refractivity contribution in [2.45, 2.75) is 24.8 Å². The molecule has 1 saturated carbocycles. The molecule has 1 aromatic carbocycles. The molecule has 0 aromatic heterocycles. The van der Waals surface area contributed by atoms with Crippen LogP contribution in [0.4, 0.5) is 4.39 Å². The number of halogens is 1. The Balaban J connectivity index is 1.90. The molecule has 2 aliphatic rings. The Morgan fingerprint density at radius 2 is 1.80 bits per heavy atom. The maximum Gasteiger partial charge on any atom is 0.224 e. The van der Waals surface area contributed by atoms with Crippen LogP contribution in [0.15, 0.2) is 24.3 Å². The minimum Gasteiger partial charge on any atom is -0.353 e. The first kappa shape index (κ1) is 8.89. The van der Waals surface area contributed by atoms with Crippen LogP contribution in [0.5, 0.6) is 0 Å². The van der Waals surface area contributed by atoms with E-state index < -0.39 is 0 Å². The van der Waals surface area contributed by atoms with E-state index in [4.69, 9.17) is 0 Å². The molecule has 2 bridgehead atoms. The van der Waals surface area contributed by atoms with E-state index in [1.807, 2.05) is 0 Å². The first-order valence-electron chi connectivity index (χ1n) is 5.30. The van der Waals surface area contributed by atoms with Gasteiger partial charge in [0.05, 0.1) is 0 Å². The highest BCUT2D eigenvalue weighted by Crippen LogP contribution is 2.43. The molecular weight excluding hydrogens is 193 g/mol. The Morgan fingerprint density at radius 3 is 2.40 bits per heavy atom. The molecule has 3 rings (SSSR count). The maximum absolute atomic E-state index is 12.8. The summed E-state index contributed by atoms with van der Waals surface area (Å²) >= 11 is 0. The molecule has 1 aliphatic carbocycles. The molecular formula is C12H12FNO. The third kappa shape index (κ3) is 1.34. The smallest absolute Gasteiger partial charge is 0.224 e. The fourth-order valence-corrected chi connectivity index (χ4v) is 2.83. The Hall–Kier alpha value is -1.38.